The zero-order valence-electron chi connectivity index (χ0n) is 16.2. The maximum absolute atomic E-state index is 12.7. The van der Waals surface area contributed by atoms with Crippen LogP contribution >= 0.6 is 0 Å². The van der Waals surface area contributed by atoms with Crippen LogP contribution in [0.4, 0.5) is 17.1 Å². The summed E-state index contributed by atoms with van der Waals surface area (Å²) >= 11 is 0. The zero-order valence-corrected chi connectivity index (χ0v) is 17.1. The molecule has 3 aromatic rings. The van der Waals surface area contributed by atoms with Gasteiger partial charge in [0.25, 0.3) is 21.6 Å². The van der Waals surface area contributed by atoms with Crippen molar-refractivity contribution in [3.63, 3.8) is 0 Å². The van der Waals surface area contributed by atoms with Crippen molar-refractivity contribution in [1.29, 1.82) is 0 Å². The van der Waals surface area contributed by atoms with Gasteiger partial charge in [0.05, 0.1) is 15.5 Å². The van der Waals surface area contributed by atoms with Gasteiger partial charge < -0.3 is 5.32 Å². The Morgan fingerprint density at radius 2 is 1.57 bits per heavy atom. The molecule has 0 aliphatic heterocycles. The van der Waals surface area contributed by atoms with Gasteiger partial charge in [0.2, 0.25) is 0 Å². The van der Waals surface area contributed by atoms with Crippen LogP contribution in [-0.4, -0.2) is 19.2 Å². The van der Waals surface area contributed by atoms with Gasteiger partial charge in [0, 0.05) is 23.4 Å². The van der Waals surface area contributed by atoms with E-state index >= 15 is 0 Å². The van der Waals surface area contributed by atoms with Crippen LogP contribution < -0.4 is 10.0 Å². The minimum atomic E-state index is -3.79. The van der Waals surface area contributed by atoms with E-state index in [0.717, 1.165) is 11.1 Å². The van der Waals surface area contributed by atoms with E-state index in [4.69, 9.17) is 0 Å². The smallest absolute Gasteiger partial charge is 0.269 e. The molecule has 0 bridgehead atoms. The second-order valence-corrected chi connectivity index (χ2v) is 8.39. The van der Waals surface area contributed by atoms with Crippen LogP contribution in [0.3, 0.4) is 0 Å². The zero-order chi connectivity index (χ0) is 21.9. The molecule has 0 spiro atoms. The fraction of sp³-hybridized carbons (Fsp3) is 0.0952. The minimum absolute atomic E-state index is 0.0525. The number of hydrogen-bond acceptors (Lipinski definition) is 5. The number of nitro benzene ring substituents is 1. The molecule has 3 rings (SSSR count). The lowest BCUT2D eigenvalue weighted by atomic mass is 10.1. The van der Waals surface area contributed by atoms with Crippen LogP contribution in [0.25, 0.3) is 0 Å². The maximum Gasteiger partial charge on any atom is 0.269 e. The van der Waals surface area contributed by atoms with Crippen LogP contribution in [0.1, 0.15) is 21.5 Å². The Hall–Kier alpha value is -3.72. The molecule has 154 valence electrons. The number of nitrogens with one attached hydrogen (secondary N) is 2. The fourth-order valence-corrected chi connectivity index (χ4v) is 3.83. The number of rotatable bonds is 6. The number of sulfonamides is 1. The Kier molecular flexibility index (Phi) is 5.84. The first kappa shape index (κ1) is 21.0. The number of nitro groups is 1. The molecular formula is C21H19N3O5S. The first-order valence-corrected chi connectivity index (χ1v) is 10.4. The lowest BCUT2D eigenvalue weighted by molar-refractivity contribution is -0.384. The molecular weight excluding hydrogens is 406 g/mol. The van der Waals surface area contributed by atoms with Crippen LogP contribution in [0.2, 0.25) is 0 Å². The van der Waals surface area contributed by atoms with E-state index in [9.17, 15) is 23.3 Å². The van der Waals surface area contributed by atoms with Gasteiger partial charge in [-0.1, -0.05) is 12.1 Å². The minimum Gasteiger partial charge on any atom is -0.322 e. The number of aryl methyl sites for hydroxylation is 2. The Bertz CT molecular complexity index is 1200. The van der Waals surface area contributed by atoms with E-state index in [1.807, 2.05) is 26.0 Å². The molecule has 0 saturated heterocycles. The third kappa shape index (κ3) is 4.81. The van der Waals surface area contributed by atoms with E-state index in [2.05, 4.69) is 10.0 Å². The van der Waals surface area contributed by atoms with Crippen molar-refractivity contribution >= 4 is 33.0 Å². The van der Waals surface area contributed by atoms with Crippen LogP contribution in [0.15, 0.2) is 71.6 Å². The summed E-state index contributed by atoms with van der Waals surface area (Å²) in [5, 5.41) is 13.3. The highest BCUT2D eigenvalue weighted by atomic mass is 32.2. The van der Waals surface area contributed by atoms with Gasteiger partial charge in [-0.3, -0.25) is 19.6 Å². The molecule has 0 aliphatic rings. The Morgan fingerprint density at radius 1 is 0.933 bits per heavy atom. The SMILES string of the molecule is Cc1ccc(C)c(NS(=O)(=O)c2ccc(NC(=O)c3ccc([N+](=O)[O-])cc3)cc2)c1. The average molecular weight is 425 g/mol. The van der Waals surface area contributed by atoms with Crippen LogP contribution in [0, 0.1) is 24.0 Å². The molecule has 0 radical (unpaired) electrons. The summed E-state index contributed by atoms with van der Waals surface area (Å²) in [6, 6.07) is 16.4. The topological polar surface area (TPSA) is 118 Å². The van der Waals surface area contributed by atoms with E-state index < -0.39 is 20.9 Å². The first-order chi connectivity index (χ1) is 14.2. The number of carbonyl (C=O) groups excluding carboxylic acids is 1. The number of carbonyl (C=O) groups is 1. The van der Waals surface area contributed by atoms with Gasteiger partial charge in [-0.05, 0) is 67.4 Å². The lowest BCUT2D eigenvalue weighted by Crippen LogP contribution is -2.15. The van der Waals surface area contributed by atoms with E-state index in [-0.39, 0.29) is 16.1 Å². The molecule has 0 fully saturated rings. The van der Waals surface area contributed by atoms with Gasteiger partial charge in [0.1, 0.15) is 0 Å². The fourth-order valence-electron chi connectivity index (χ4n) is 2.70. The van der Waals surface area contributed by atoms with Crippen molar-refractivity contribution in [3.8, 4) is 0 Å². The second-order valence-electron chi connectivity index (χ2n) is 6.71. The summed E-state index contributed by atoms with van der Waals surface area (Å²) in [5.74, 6) is -0.464. The van der Waals surface area contributed by atoms with Crippen LogP contribution in [0.5, 0.6) is 0 Å². The number of benzene rings is 3. The quantitative estimate of drug-likeness (QED) is 0.452. The number of nitrogens with zero attached hydrogens (tertiary/aromatic N) is 1. The molecule has 9 heteroatoms. The predicted octanol–water partition coefficient (Wildman–Crippen LogP) is 4.26. The van der Waals surface area contributed by atoms with E-state index in [1.54, 1.807) is 6.07 Å². The third-order valence-electron chi connectivity index (χ3n) is 4.40. The molecule has 1 amide bonds. The summed E-state index contributed by atoms with van der Waals surface area (Å²) in [6.07, 6.45) is 0. The Morgan fingerprint density at radius 3 is 2.17 bits per heavy atom. The van der Waals surface area contributed by atoms with Crippen molar-refractivity contribution in [3.05, 3.63) is 93.5 Å². The first-order valence-electron chi connectivity index (χ1n) is 8.92. The van der Waals surface area contributed by atoms with Crippen molar-refractivity contribution < 1.29 is 18.1 Å². The van der Waals surface area contributed by atoms with Gasteiger partial charge in [0.15, 0.2) is 0 Å². The largest absolute Gasteiger partial charge is 0.322 e. The molecule has 8 nitrogen and oxygen atoms in total. The predicted molar refractivity (Wildman–Crippen MR) is 114 cm³/mol. The monoisotopic (exact) mass is 425 g/mol. The molecule has 3 aromatic carbocycles. The van der Waals surface area contributed by atoms with Crippen molar-refractivity contribution in [2.24, 2.45) is 0 Å². The third-order valence-corrected chi connectivity index (χ3v) is 5.78. The van der Waals surface area contributed by atoms with Gasteiger partial charge >= 0.3 is 0 Å². The van der Waals surface area contributed by atoms with Crippen molar-refractivity contribution in [2.75, 3.05) is 10.0 Å². The molecule has 0 saturated carbocycles. The summed E-state index contributed by atoms with van der Waals surface area (Å²) < 4.78 is 27.9. The van der Waals surface area contributed by atoms with E-state index in [1.165, 1.54) is 48.5 Å². The van der Waals surface area contributed by atoms with Gasteiger partial charge in [-0.25, -0.2) is 8.42 Å². The molecule has 0 atom stereocenters. The maximum atomic E-state index is 12.7. The lowest BCUT2D eigenvalue weighted by Gasteiger charge is -2.12. The molecule has 0 heterocycles. The molecule has 0 aromatic heterocycles. The average Bonchev–Trinajstić information content (AvgIpc) is 2.71. The normalized spacial score (nSPS) is 11.0. The van der Waals surface area contributed by atoms with Crippen LogP contribution in [-0.2, 0) is 10.0 Å². The molecule has 2 N–H and O–H groups in total. The molecule has 0 aliphatic carbocycles. The summed E-state index contributed by atoms with van der Waals surface area (Å²) in [7, 11) is -3.79. The highest BCUT2D eigenvalue weighted by molar-refractivity contribution is 7.92. The highest BCUT2D eigenvalue weighted by Gasteiger charge is 2.16. The number of anilines is 2. The second kappa shape index (κ2) is 8.34. The molecule has 30 heavy (non-hydrogen) atoms. The standard InChI is InChI=1S/C21H19N3O5S/c1-14-3-4-15(2)20(13-14)23-30(28,29)19-11-7-17(8-12-19)22-21(25)16-5-9-18(10-6-16)24(26)27/h3-13,23H,1-2H3,(H,22,25). The van der Waals surface area contributed by atoms with Crippen molar-refractivity contribution in [2.45, 2.75) is 18.7 Å². The number of amides is 1. The Labute approximate surface area is 173 Å². The highest BCUT2D eigenvalue weighted by Crippen LogP contribution is 2.22. The van der Waals surface area contributed by atoms with Crippen molar-refractivity contribution in [1.82, 2.24) is 0 Å². The number of non-ortho nitro benzene ring substituents is 1. The summed E-state index contributed by atoms with van der Waals surface area (Å²) in [6.45, 7) is 3.69. The summed E-state index contributed by atoms with van der Waals surface area (Å²) in [4.78, 5) is 22.5. The van der Waals surface area contributed by atoms with E-state index in [0.29, 0.717) is 11.4 Å². The Balaban J connectivity index is 1.73. The molecule has 0 unspecified atom stereocenters. The number of hydrogen-bond donors (Lipinski definition) is 2. The van der Waals surface area contributed by atoms with Gasteiger partial charge in [-0.15, -0.1) is 0 Å². The van der Waals surface area contributed by atoms with Gasteiger partial charge in [-0.2, -0.15) is 0 Å². The summed E-state index contributed by atoms with van der Waals surface area (Å²) in [5.41, 5.74) is 2.76.